The van der Waals surface area contributed by atoms with Gasteiger partial charge in [-0.05, 0) is 56.2 Å². The van der Waals surface area contributed by atoms with Gasteiger partial charge >= 0.3 is 0 Å². The van der Waals surface area contributed by atoms with E-state index in [0.717, 1.165) is 28.1 Å². The van der Waals surface area contributed by atoms with Gasteiger partial charge in [-0.3, -0.25) is 15.1 Å². The van der Waals surface area contributed by atoms with E-state index in [2.05, 4.69) is 15.3 Å². The lowest BCUT2D eigenvalue weighted by Crippen LogP contribution is -2.13. The number of nitrogens with one attached hydrogen (secondary N) is 1. The van der Waals surface area contributed by atoms with Gasteiger partial charge in [-0.15, -0.1) is 11.3 Å². The zero-order chi connectivity index (χ0) is 19.4. The Morgan fingerprint density at radius 3 is 2.56 bits per heavy atom. The Morgan fingerprint density at radius 1 is 1.26 bits per heavy atom. The number of benzene rings is 1. The molecule has 6 nitrogen and oxygen atoms in total. The number of hydrogen-bond acceptors (Lipinski definition) is 6. The Hall–Kier alpha value is -2.77. The highest BCUT2D eigenvalue weighted by Gasteiger charge is 2.14. The van der Waals surface area contributed by atoms with Crippen molar-refractivity contribution in [1.29, 1.82) is 0 Å². The number of pyridine rings is 1. The number of carbonyl (C=O) groups excluding carboxylic acids is 1. The first kappa shape index (κ1) is 19.0. The van der Waals surface area contributed by atoms with Crippen LogP contribution in [0.15, 0.2) is 42.0 Å². The van der Waals surface area contributed by atoms with Gasteiger partial charge in [0.05, 0.1) is 11.8 Å². The second kappa shape index (κ2) is 8.28. The molecule has 3 rings (SSSR count). The molecule has 2 aromatic heterocycles. The minimum atomic E-state index is -0.518. The molecule has 7 heteroatoms. The third-order valence-electron chi connectivity index (χ3n) is 3.92. The molecule has 3 aromatic rings. The van der Waals surface area contributed by atoms with Crippen LogP contribution in [0.1, 0.15) is 28.4 Å². The molecule has 27 heavy (non-hydrogen) atoms. The second-order valence-corrected chi connectivity index (χ2v) is 7.18. The predicted molar refractivity (Wildman–Crippen MR) is 106 cm³/mol. The van der Waals surface area contributed by atoms with Crippen LogP contribution in [-0.4, -0.2) is 33.7 Å². The predicted octanol–water partition coefficient (Wildman–Crippen LogP) is 3.83. The Balaban J connectivity index is 1.79. The highest BCUT2D eigenvalue weighted by molar-refractivity contribution is 7.14. The van der Waals surface area contributed by atoms with Gasteiger partial charge in [-0.2, -0.15) is 0 Å². The van der Waals surface area contributed by atoms with Crippen molar-refractivity contribution >= 4 is 22.4 Å². The summed E-state index contributed by atoms with van der Waals surface area (Å²) in [6, 6.07) is 7.17. The summed E-state index contributed by atoms with van der Waals surface area (Å²) in [4.78, 5) is 20.7. The molecule has 0 aliphatic rings. The number of aromatic nitrogens is 2. The summed E-state index contributed by atoms with van der Waals surface area (Å²) >= 11 is 1.38. The molecule has 0 aliphatic heterocycles. The number of hydrogen-bond donors (Lipinski definition) is 2. The van der Waals surface area contributed by atoms with Gasteiger partial charge < -0.3 is 9.84 Å². The van der Waals surface area contributed by atoms with E-state index in [0.29, 0.717) is 10.7 Å². The summed E-state index contributed by atoms with van der Waals surface area (Å²) in [7, 11) is 0. The average Bonchev–Trinajstić information content (AvgIpc) is 3.08. The maximum Gasteiger partial charge on any atom is 0.257 e. The first-order valence-electron chi connectivity index (χ1n) is 8.53. The highest BCUT2D eigenvalue weighted by Crippen LogP contribution is 2.33. The van der Waals surface area contributed by atoms with E-state index >= 15 is 0 Å². The fourth-order valence-corrected chi connectivity index (χ4v) is 3.44. The molecule has 0 radical (unpaired) electrons. The van der Waals surface area contributed by atoms with Crippen LogP contribution in [0.5, 0.6) is 5.75 Å². The van der Waals surface area contributed by atoms with Crippen LogP contribution in [-0.2, 0) is 0 Å². The topological polar surface area (TPSA) is 84.3 Å². The van der Waals surface area contributed by atoms with Crippen LogP contribution in [0.2, 0.25) is 0 Å². The first-order chi connectivity index (χ1) is 12.9. The zero-order valence-corrected chi connectivity index (χ0v) is 16.2. The van der Waals surface area contributed by atoms with Crippen LogP contribution < -0.4 is 10.1 Å². The maximum absolute atomic E-state index is 12.3. The average molecular weight is 383 g/mol. The molecule has 2 heterocycles. The van der Waals surface area contributed by atoms with Crippen LogP contribution in [0, 0.1) is 13.8 Å². The number of anilines is 1. The lowest BCUT2D eigenvalue weighted by Gasteiger charge is -2.13. The van der Waals surface area contributed by atoms with Crippen LogP contribution in [0.3, 0.4) is 0 Å². The van der Waals surface area contributed by atoms with E-state index in [9.17, 15) is 9.90 Å². The molecular weight excluding hydrogens is 362 g/mol. The number of aliphatic hydroxyl groups excluding tert-OH is 1. The van der Waals surface area contributed by atoms with Crippen molar-refractivity contribution in [3.63, 3.8) is 0 Å². The number of rotatable bonds is 6. The molecular formula is C20H21N3O3S. The molecule has 0 saturated carbocycles. The second-order valence-electron chi connectivity index (χ2n) is 6.32. The van der Waals surface area contributed by atoms with Crippen molar-refractivity contribution in [3.05, 3.63) is 58.7 Å². The fraction of sp³-hybridized carbons (Fsp3) is 0.250. The number of thiazole rings is 1. The molecule has 0 spiro atoms. The summed E-state index contributed by atoms with van der Waals surface area (Å²) in [6.45, 7) is 5.92. The summed E-state index contributed by atoms with van der Waals surface area (Å²) in [5.74, 6) is 0.504. The van der Waals surface area contributed by atoms with Crippen LogP contribution in [0.25, 0.3) is 11.3 Å². The third-order valence-corrected chi connectivity index (χ3v) is 4.68. The lowest BCUT2D eigenvalue weighted by molar-refractivity contribution is 0.102. The molecule has 0 bridgehead atoms. The van der Waals surface area contributed by atoms with Crippen molar-refractivity contribution in [2.24, 2.45) is 0 Å². The standard InChI is InChI=1S/C20H21N3O3S/c1-12-8-16(26-10-14(3)24)9-13(2)18(12)17-11-27-20(22-17)23-19(25)15-4-6-21-7-5-15/h4-9,11,14,24H,10H2,1-3H3,(H,22,23,25). The molecule has 0 saturated heterocycles. The van der Waals surface area contributed by atoms with Crippen molar-refractivity contribution < 1.29 is 14.6 Å². The van der Waals surface area contributed by atoms with Gasteiger partial charge in [0.15, 0.2) is 5.13 Å². The lowest BCUT2D eigenvalue weighted by atomic mass is 10.0. The van der Waals surface area contributed by atoms with E-state index in [-0.39, 0.29) is 12.5 Å². The molecule has 0 aliphatic carbocycles. The van der Waals surface area contributed by atoms with Crippen molar-refractivity contribution in [3.8, 4) is 17.0 Å². The molecule has 1 aromatic carbocycles. The fourth-order valence-electron chi connectivity index (χ4n) is 2.75. The van der Waals surface area contributed by atoms with E-state index in [1.807, 2.05) is 31.4 Å². The summed E-state index contributed by atoms with van der Waals surface area (Å²) in [5.41, 5.74) is 4.40. The minimum Gasteiger partial charge on any atom is -0.491 e. The van der Waals surface area contributed by atoms with E-state index in [1.165, 1.54) is 11.3 Å². The number of aryl methyl sites for hydroxylation is 2. The van der Waals surface area contributed by atoms with Crippen molar-refractivity contribution in [2.75, 3.05) is 11.9 Å². The Morgan fingerprint density at radius 2 is 1.93 bits per heavy atom. The Kier molecular flexibility index (Phi) is 5.83. The van der Waals surface area contributed by atoms with E-state index in [4.69, 9.17) is 4.74 Å². The molecule has 140 valence electrons. The number of amides is 1. The smallest absolute Gasteiger partial charge is 0.257 e. The van der Waals surface area contributed by atoms with Crippen molar-refractivity contribution in [1.82, 2.24) is 9.97 Å². The van der Waals surface area contributed by atoms with E-state index in [1.54, 1.807) is 31.5 Å². The molecule has 1 atom stereocenters. The largest absolute Gasteiger partial charge is 0.491 e. The van der Waals surface area contributed by atoms with Gasteiger partial charge in [0.1, 0.15) is 12.4 Å². The van der Waals surface area contributed by atoms with E-state index < -0.39 is 6.10 Å². The Bertz CT molecular complexity index is 916. The van der Waals surface area contributed by atoms with Crippen molar-refractivity contribution in [2.45, 2.75) is 26.9 Å². The summed E-state index contributed by atoms with van der Waals surface area (Å²) < 4.78 is 5.60. The Labute approximate surface area is 161 Å². The quantitative estimate of drug-likeness (QED) is 0.676. The number of carbonyl (C=O) groups is 1. The number of aliphatic hydroxyl groups is 1. The van der Waals surface area contributed by atoms with Gasteiger partial charge in [0.2, 0.25) is 0 Å². The van der Waals surface area contributed by atoms with Crippen LogP contribution in [0.4, 0.5) is 5.13 Å². The monoisotopic (exact) mass is 383 g/mol. The van der Waals surface area contributed by atoms with Gasteiger partial charge in [-0.25, -0.2) is 4.98 Å². The van der Waals surface area contributed by atoms with Crippen LogP contribution >= 0.6 is 11.3 Å². The number of nitrogens with zero attached hydrogens (tertiary/aromatic N) is 2. The summed E-state index contributed by atoms with van der Waals surface area (Å²) in [5, 5.41) is 14.7. The van der Waals surface area contributed by atoms with Gasteiger partial charge in [0.25, 0.3) is 5.91 Å². The maximum atomic E-state index is 12.3. The minimum absolute atomic E-state index is 0.214. The SMILES string of the molecule is Cc1cc(OCC(C)O)cc(C)c1-c1csc(NC(=O)c2ccncc2)n1. The third kappa shape index (κ3) is 4.69. The summed E-state index contributed by atoms with van der Waals surface area (Å²) in [6.07, 6.45) is 2.64. The molecule has 1 unspecified atom stereocenters. The molecule has 1 amide bonds. The molecule has 2 N–H and O–H groups in total. The first-order valence-corrected chi connectivity index (χ1v) is 9.41. The zero-order valence-electron chi connectivity index (χ0n) is 15.4. The normalized spacial score (nSPS) is 11.9. The van der Waals surface area contributed by atoms with Gasteiger partial charge in [0, 0.05) is 28.9 Å². The highest BCUT2D eigenvalue weighted by atomic mass is 32.1. The van der Waals surface area contributed by atoms with Gasteiger partial charge in [-0.1, -0.05) is 0 Å². The number of ether oxygens (including phenoxy) is 1. The molecule has 0 fully saturated rings.